The molecule has 3 aromatic rings. The molecule has 6 heteroatoms. The number of para-hydroxylation sites is 1. The fraction of sp³-hybridized carbons (Fsp3) is 0.154. The van der Waals surface area contributed by atoms with Crippen molar-refractivity contribution < 1.29 is 23.8 Å². The lowest BCUT2D eigenvalue weighted by atomic mass is 9.94. The summed E-state index contributed by atoms with van der Waals surface area (Å²) < 4.78 is 18.8. The van der Waals surface area contributed by atoms with E-state index >= 15 is 0 Å². The minimum atomic E-state index is -0.801. The summed E-state index contributed by atoms with van der Waals surface area (Å²) in [6, 6.07) is 19.1. The van der Waals surface area contributed by atoms with Crippen LogP contribution in [0.1, 0.15) is 28.3 Å². The molecule has 1 saturated heterocycles. The number of hydrogen-bond donors (Lipinski definition) is 1. The van der Waals surface area contributed by atoms with Crippen LogP contribution in [0.15, 0.2) is 78.4 Å². The first-order chi connectivity index (χ1) is 15.4. The van der Waals surface area contributed by atoms with E-state index in [4.69, 9.17) is 4.74 Å². The molecule has 5 nitrogen and oxygen atoms in total. The molecule has 0 saturated carbocycles. The van der Waals surface area contributed by atoms with E-state index in [0.29, 0.717) is 11.3 Å². The summed E-state index contributed by atoms with van der Waals surface area (Å²) in [5.41, 5.74) is 2.62. The van der Waals surface area contributed by atoms with E-state index in [0.717, 1.165) is 11.1 Å². The molecule has 1 aliphatic heterocycles. The molecule has 1 heterocycles. The van der Waals surface area contributed by atoms with Gasteiger partial charge in [-0.3, -0.25) is 9.59 Å². The maximum absolute atomic E-state index is 13.4. The third-order valence-corrected chi connectivity index (χ3v) is 5.55. The lowest BCUT2D eigenvalue weighted by Crippen LogP contribution is -2.29. The number of nitrogens with zero attached hydrogens (tertiary/aromatic N) is 1. The van der Waals surface area contributed by atoms with E-state index in [1.54, 1.807) is 13.2 Å². The van der Waals surface area contributed by atoms with Crippen molar-refractivity contribution in [2.45, 2.75) is 19.5 Å². The Morgan fingerprint density at radius 1 is 1.03 bits per heavy atom. The van der Waals surface area contributed by atoms with Crippen molar-refractivity contribution in [1.29, 1.82) is 0 Å². The third kappa shape index (κ3) is 3.87. The Hall–Kier alpha value is -3.93. The molecule has 0 bridgehead atoms. The topological polar surface area (TPSA) is 66.8 Å². The second-order valence-corrected chi connectivity index (χ2v) is 7.66. The van der Waals surface area contributed by atoms with Gasteiger partial charge in [-0.05, 0) is 42.8 Å². The molecule has 1 fully saturated rings. The van der Waals surface area contributed by atoms with Gasteiger partial charge >= 0.3 is 0 Å². The number of hydrogen-bond acceptors (Lipinski definition) is 4. The molecule has 1 N–H and O–H groups in total. The predicted molar refractivity (Wildman–Crippen MR) is 118 cm³/mol. The van der Waals surface area contributed by atoms with Crippen LogP contribution in [-0.4, -0.2) is 28.8 Å². The first-order valence-corrected chi connectivity index (χ1v) is 10.1. The number of aliphatic hydroxyl groups excluding tert-OH is 1. The van der Waals surface area contributed by atoms with Crippen molar-refractivity contribution in [3.8, 4) is 5.75 Å². The van der Waals surface area contributed by atoms with Crippen molar-refractivity contribution in [1.82, 2.24) is 4.90 Å². The van der Waals surface area contributed by atoms with Crippen LogP contribution in [0.5, 0.6) is 5.75 Å². The molecule has 1 atom stereocenters. The summed E-state index contributed by atoms with van der Waals surface area (Å²) in [5.74, 6) is -1.71. The Morgan fingerprint density at radius 2 is 1.75 bits per heavy atom. The standard InChI is InChI=1S/C26H22FNO4/c1-16-6-5-8-18(14-16)23-22(24(29)17-10-12-20(27)13-11-17)25(30)26(31)28(23)15-19-7-3-4-9-21(19)32-2/h3-14,23,29H,15H2,1-2H3/b24-22-. The van der Waals surface area contributed by atoms with Crippen LogP contribution in [0.25, 0.3) is 5.76 Å². The van der Waals surface area contributed by atoms with E-state index in [-0.39, 0.29) is 23.4 Å². The molecular weight excluding hydrogens is 409 g/mol. The van der Waals surface area contributed by atoms with Crippen LogP contribution in [0.4, 0.5) is 4.39 Å². The number of ketones is 1. The number of ether oxygens (including phenoxy) is 1. The average Bonchev–Trinajstić information content (AvgIpc) is 3.04. The van der Waals surface area contributed by atoms with Gasteiger partial charge in [0.2, 0.25) is 0 Å². The quantitative estimate of drug-likeness (QED) is 0.359. The summed E-state index contributed by atoms with van der Waals surface area (Å²) >= 11 is 0. The van der Waals surface area contributed by atoms with Crippen LogP contribution >= 0.6 is 0 Å². The van der Waals surface area contributed by atoms with Gasteiger partial charge in [0.25, 0.3) is 11.7 Å². The average molecular weight is 431 g/mol. The van der Waals surface area contributed by atoms with Gasteiger partial charge in [-0.15, -0.1) is 0 Å². The zero-order valence-corrected chi connectivity index (χ0v) is 17.7. The number of rotatable bonds is 5. The SMILES string of the molecule is COc1ccccc1CN1C(=O)C(=O)/C(=C(\O)c2ccc(F)cc2)C1c1cccc(C)c1. The minimum absolute atomic E-state index is 0.0258. The zero-order valence-electron chi connectivity index (χ0n) is 17.7. The molecular formula is C26H22FNO4. The maximum atomic E-state index is 13.4. The second kappa shape index (κ2) is 8.67. The Balaban J connectivity index is 1.87. The number of likely N-dealkylation sites (tertiary alicyclic amines) is 1. The molecule has 0 radical (unpaired) electrons. The summed E-state index contributed by atoms with van der Waals surface area (Å²) in [6.45, 7) is 2.03. The van der Waals surface area contributed by atoms with Crippen LogP contribution in [-0.2, 0) is 16.1 Å². The Labute approximate surface area is 185 Å². The predicted octanol–water partition coefficient (Wildman–Crippen LogP) is 4.76. The Morgan fingerprint density at radius 3 is 2.44 bits per heavy atom. The Kier molecular flexibility index (Phi) is 5.77. The van der Waals surface area contributed by atoms with Crippen LogP contribution in [0.2, 0.25) is 0 Å². The smallest absolute Gasteiger partial charge is 0.295 e. The minimum Gasteiger partial charge on any atom is -0.507 e. The van der Waals surface area contributed by atoms with E-state index in [1.807, 2.05) is 49.4 Å². The third-order valence-electron chi connectivity index (χ3n) is 5.55. The van der Waals surface area contributed by atoms with Gasteiger partial charge in [0.05, 0.1) is 25.3 Å². The highest BCUT2D eigenvalue weighted by Gasteiger charge is 2.46. The van der Waals surface area contributed by atoms with Crippen molar-refractivity contribution in [2.24, 2.45) is 0 Å². The maximum Gasteiger partial charge on any atom is 0.295 e. The molecule has 0 aromatic heterocycles. The number of aliphatic hydroxyl groups is 1. The highest BCUT2D eigenvalue weighted by atomic mass is 19.1. The van der Waals surface area contributed by atoms with E-state index in [2.05, 4.69) is 0 Å². The zero-order chi connectivity index (χ0) is 22.8. The summed E-state index contributed by atoms with van der Waals surface area (Å²) in [6.07, 6.45) is 0. The van der Waals surface area contributed by atoms with Gasteiger partial charge in [0, 0.05) is 11.1 Å². The largest absolute Gasteiger partial charge is 0.507 e. The van der Waals surface area contributed by atoms with Gasteiger partial charge in [-0.1, -0.05) is 48.0 Å². The van der Waals surface area contributed by atoms with Gasteiger partial charge in [-0.25, -0.2) is 4.39 Å². The lowest BCUT2D eigenvalue weighted by Gasteiger charge is -2.26. The van der Waals surface area contributed by atoms with E-state index in [1.165, 1.54) is 29.2 Å². The highest BCUT2D eigenvalue weighted by molar-refractivity contribution is 6.46. The van der Waals surface area contributed by atoms with E-state index < -0.39 is 23.5 Å². The van der Waals surface area contributed by atoms with Crippen LogP contribution in [0, 0.1) is 12.7 Å². The van der Waals surface area contributed by atoms with Crippen LogP contribution < -0.4 is 4.74 Å². The fourth-order valence-electron chi connectivity index (χ4n) is 4.01. The molecule has 1 aliphatic rings. The fourth-order valence-corrected chi connectivity index (χ4v) is 4.01. The van der Waals surface area contributed by atoms with Gasteiger partial charge in [-0.2, -0.15) is 0 Å². The van der Waals surface area contributed by atoms with Crippen LogP contribution in [0.3, 0.4) is 0 Å². The molecule has 162 valence electrons. The van der Waals surface area contributed by atoms with Gasteiger partial charge in [0.15, 0.2) is 0 Å². The highest BCUT2D eigenvalue weighted by Crippen LogP contribution is 2.41. The summed E-state index contributed by atoms with van der Waals surface area (Å²) in [5, 5.41) is 11.0. The molecule has 3 aromatic carbocycles. The molecule has 0 aliphatic carbocycles. The second-order valence-electron chi connectivity index (χ2n) is 7.66. The van der Waals surface area contributed by atoms with Crippen molar-refractivity contribution in [2.75, 3.05) is 7.11 Å². The molecule has 4 rings (SSSR count). The number of carbonyl (C=O) groups is 2. The number of amides is 1. The van der Waals surface area contributed by atoms with Crippen molar-refractivity contribution in [3.05, 3.63) is 106 Å². The first-order valence-electron chi connectivity index (χ1n) is 10.1. The number of methoxy groups -OCH3 is 1. The summed E-state index contributed by atoms with van der Waals surface area (Å²) in [7, 11) is 1.54. The van der Waals surface area contributed by atoms with Crippen molar-refractivity contribution >= 4 is 17.4 Å². The van der Waals surface area contributed by atoms with Gasteiger partial charge in [0.1, 0.15) is 17.3 Å². The Bertz CT molecular complexity index is 1220. The molecule has 1 amide bonds. The number of benzene rings is 3. The number of halogens is 1. The van der Waals surface area contributed by atoms with Crippen molar-refractivity contribution in [3.63, 3.8) is 0 Å². The summed E-state index contributed by atoms with van der Waals surface area (Å²) in [4.78, 5) is 27.6. The molecule has 32 heavy (non-hydrogen) atoms. The first kappa shape index (κ1) is 21.3. The van der Waals surface area contributed by atoms with Gasteiger partial charge < -0.3 is 14.7 Å². The lowest BCUT2D eigenvalue weighted by molar-refractivity contribution is -0.140. The van der Waals surface area contributed by atoms with E-state index in [9.17, 15) is 19.1 Å². The number of Topliss-reactive ketones (excluding diaryl/α,β-unsaturated/α-hetero) is 1. The molecule has 0 spiro atoms. The number of carbonyl (C=O) groups excluding carboxylic acids is 2. The normalized spacial score (nSPS) is 17.6. The molecule has 1 unspecified atom stereocenters. The number of aryl methyl sites for hydroxylation is 1. The monoisotopic (exact) mass is 431 g/mol.